The standard InChI is InChI=1S/C17H28N2O4/c1-2-3-13-4-5-14(23-13)10-18-6-8-19(9-7-18)15-11-22-12-16(20)17(15)21/h4-5,15-17,20-21H,2-3,6-12H2,1H3/t15-,16-,17+/m1/s1. The fourth-order valence-electron chi connectivity index (χ4n) is 3.45. The van der Waals surface area contributed by atoms with Crippen molar-refractivity contribution in [2.75, 3.05) is 39.4 Å². The van der Waals surface area contributed by atoms with Crippen LogP contribution in [0.2, 0.25) is 0 Å². The number of furan rings is 1. The molecule has 1 aromatic rings. The monoisotopic (exact) mass is 324 g/mol. The van der Waals surface area contributed by atoms with Crippen LogP contribution in [0.4, 0.5) is 0 Å². The summed E-state index contributed by atoms with van der Waals surface area (Å²) >= 11 is 0. The Balaban J connectivity index is 1.48. The van der Waals surface area contributed by atoms with Crippen LogP contribution in [-0.2, 0) is 17.7 Å². The minimum Gasteiger partial charge on any atom is -0.465 e. The Morgan fingerprint density at radius 1 is 1.09 bits per heavy atom. The number of ether oxygens (including phenoxy) is 1. The van der Waals surface area contributed by atoms with Crippen molar-refractivity contribution in [1.29, 1.82) is 0 Å². The fourth-order valence-corrected chi connectivity index (χ4v) is 3.45. The van der Waals surface area contributed by atoms with E-state index in [9.17, 15) is 10.2 Å². The lowest BCUT2D eigenvalue weighted by Crippen LogP contribution is -2.60. The second-order valence-corrected chi connectivity index (χ2v) is 6.59. The van der Waals surface area contributed by atoms with Gasteiger partial charge in [-0.1, -0.05) is 6.92 Å². The van der Waals surface area contributed by atoms with Gasteiger partial charge in [0.1, 0.15) is 17.6 Å². The molecule has 3 heterocycles. The first-order chi connectivity index (χ1) is 11.2. The van der Waals surface area contributed by atoms with Crippen LogP contribution < -0.4 is 0 Å². The van der Waals surface area contributed by atoms with Crippen molar-refractivity contribution in [2.45, 2.75) is 44.6 Å². The van der Waals surface area contributed by atoms with Crippen molar-refractivity contribution in [3.63, 3.8) is 0 Å². The molecule has 2 fully saturated rings. The largest absolute Gasteiger partial charge is 0.465 e. The van der Waals surface area contributed by atoms with Crippen LogP contribution in [0.25, 0.3) is 0 Å². The highest BCUT2D eigenvalue weighted by Crippen LogP contribution is 2.18. The highest BCUT2D eigenvalue weighted by molar-refractivity contribution is 5.07. The minimum atomic E-state index is -0.771. The third kappa shape index (κ3) is 4.14. The number of aliphatic hydroxyl groups excluding tert-OH is 2. The Morgan fingerprint density at radius 2 is 1.83 bits per heavy atom. The summed E-state index contributed by atoms with van der Waals surface area (Å²) in [5.74, 6) is 2.09. The molecule has 0 saturated carbocycles. The Morgan fingerprint density at radius 3 is 2.57 bits per heavy atom. The van der Waals surface area contributed by atoms with E-state index in [1.807, 2.05) is 0 Å². The van der Waals surface area contributed by atoms with Gasteiger partial charge in [-0.15, -0.1) is 0 Å². The predicted molar refractivity (Wildman–Crippen MR) is 86.2 cm³/mol. The van der Waals surface area contributed by atoms with Crippen molar-refractivity contribution in [1.82, 2.24) is 9.80 Å². The number of hydrogen-bond acceptors (Lipinski definition) is 6. The maximum absolute atomic E-state index is 10.1. The van der Waals surface area contributed by atoms with E-state index in [1.54, 1.807) is 0 Å². The molecule has 2 N–H and O–H groups in total. The fraction of sp³-hybridized carbons (Fsp3) is 0.765. The van der Waals surface area contributed by atoms with Crippen LogP contribution in [-0.4, -0.2) is 77.7 Å². The highest BCUT2D eigenvalue weighted by atomic mass is 16.5. The molecule has 6 nitrogen and oxygen atoms in total. The molecule has 0 aromatic carbocycles. The van der Waals surface area contributed by atoms with Crippen molar-refractivity contribution in [3.05, 3.63) is 23.7 Å². The van der Waals surface area contributed by atoms with Crippen molar-refractivity contribution >= 4 is 0 Å². The first kappa shape index (κ1) is 16.9. The lowest BCUT2D eigenvalue weighted by atomic mass is 10.0. The van der Waals surface area contributed by atoms with E-state index in [1.165, 1.54) is 0 Å². The second kappa shape index (κ2) is 7.77. The van der Waals surface area contributed by atoms with Gasteiger partial charge in [-0.05, 0) is 18.6 Å². The van der Waals surface area contributed by atoms with E-state index in [0.29, 0.717) is 6.61 Å². The molecular weight excluding hydrogens is 296 g/mol. The molecule has 3 rings (SSSR count). The number of rotatable bonds is 5. The first-order valence-electron chi connectivity index (χ1n) is 8.65. The second-order valence-electron chi connectivity index (χ2n) is 6.59. The molecule has 6 heteroatoms. The quantitative estimate of drug-likeness (QED) is 0.821. The van der Waals surface area contributed by atoms with E-state index in [4.69, 9.17) is 9.15 Å². The van der Waals surface area contributed by atoms with Gasteiger partial charge in [-0.3, -0.25) is 9.80 Å². The van der Waals surface area contributed by atoms with Gasteiger partial charge in [0.25, 0.3) is 0 Å². The van der Waals surface area contributed by atoms with Gasteiger partial charge in [0.05, 0.1) is 31.9 Å². The topological polar surface area (TPSA) is 69.3 Å². The van der Waals surface area contributed by atoms with E-state index in [2.05, 4.69) is 28.9 Å². The number of aryl methyl sites for hydroxylation is 1. The zero-order valence-electron chi connectivity index (χ0n) is 13.9. The molecule has 130 valence electrons. The molecule has 2 aliphatic rings. The summed E-state index contributed by atoms with van der Waals surface area (Å²) in [6.07, 6.45) is 0.614. The third-order valence-corrected chi connectivity index (χ3v) is 4.83. The highest BCUT2D eigenvalue weighted by Gasteiger charge is 2.36. The molecule has 0 amide bonds. The number of aliphatic hydroxyl groups is 2. The molecule has 1 aromatic heterocycles. The average Bonchev–Trinajstić information content (AvgIpc) is 2.99. The maximum atomic E-state index is 10.1. The number of hydrogen-bond donors (Lipinski definition) is 2. The van der Waals surface area contributed by atoms with Crippen LogP contribution in [0, 0.1) is 0 Å². The molecular formula is C17H28N2O4. The van der Waals surface area contributed by atoms with Gasteiger partial charge in [-0.25, -0.2) is 0 Å². The summed E-state index contributed by atoms with van der Waals surface area (Å²) in [5, 5.41) is 19.9. The van der Waals surface area contributed by atoms with Crippen LogP contribution in [0.5, 0.6) is 0 Å². The zero-order valence-corrected chi connectivity index (χ0v) is 13.9. The molecule has 0 spiro atoms. The Labute approximate surface area is 137 Å². The molecule has 0 aliphatic carbocycles. The first-order valence-corrected chi connectivity index (χ1v) is 8.65. The number of nitrogens with zero attached hydrogens (tertiary/aromatic N) is 2. The SMILES string of the molecule is CCCc1ccc(CN2CCN([C@@H]3COC[C@@H](O)[C@H]3O)CC2)o1. The lowest BCUT2D eigenvalue weighted by Gasteiger charge is -2.43. The lowest BCUT2D eigenvalue weighted by molar-refractivity contribution is -0.137. The van der Waals surface area contributed by atoms with Crippen LogP contribution in [0.1, 0.15) is 24.9 Å². The molecule has 3 atom stereocenters. The Hall–Kier alpha value is -0.920. The van der Waals surface area contributed by atoms with Crippen LogP contribution in [0.3, 0.4) is 0 Å². The smallest absolute Gasteiger partial charge is 0.118 e. The maximum Gasteiger partial charge on any atom is 0.118 e. The van der Waals surface area contributed by atoms with Gasteiger partial charge < -0.3 is 19.4 Å². The molecule has 0 radical (unpaired) electrons. The van der Waals surface area contributed by atoms with E-state index in [0.717, 1.165) is 57.1 Å². The Kier molecular flexibility index (Phi) is 5.71. The van der Waals surface area contributed by atoms with E-state index in [-0.39, 0.29) is 12.6 Å². The van der Waals surface area contributed by atoms with Gasteiger partial charge in [0, 0.05) is 32.6 Å². The minimum absolute atomic E-state index is 0.0966. The average molecular weight is 324 g/mol. The summed E-state index contributed by atoms with van der Waals surface area (Å²) in [4.78, 5) is 4.60. The molecule has 0 unspecified atom stereocenters. The molecule has 2 saturated heterocycles. The van der Waals surface area contributed by atoms with Crippen LogP contribution >= 0.6 is 0 Å². The van der Waals surface area contributed by atoms with Gasteiger partial charge in [0.15, 0.2) is 0 Å². The molecule has 2 aliphatic heterocycles. The van der Waals surface area contributed by atoms with Gasteiger partial charge >= 0.3 is 0 Å². The number of piperazine rings is 1. The van der Waals surface area contributed by atoms with Crippen molar-refractivity contribution in [2.24, 2.45) is 0 Å². The van der Waals surface area contributed by atoms with Crippen molar-refractivity contribution < 1.29 is 19.4 Å². The van der Waals surface area contributed by atoms with Gasteiger partial charge in [-0.2, -0.15) is 0 Å². The van der Waals surface area contributed by atoms with Gasteiger partial charge in [0.2, 0.25) is 0 Å². The van der Waals surface area contributed by atoms with E-state index >= 15 is 0 Å². The van der Waals surface area contributed by atoms with E-state index < -0.39 is 12.2 Å². The third-order valence-electron chi connectivity index (χ3n) is 4.83. The summed E-state index contributed by atoms with van der Waals surface area (Å²) < 4.78 is 11.2. The summed E-state index contributed by atoms with van der Waals surface area (Å²) in [6, 6.07) is 4.05. The summed E-state index contributed by atoms with van der Waals surface area (Å²) in [6.45, 7) is 7.34. The zero-order chi connectivity index (χ0) is 16.2. The molecule has 0 bridgehead atoms. The predicted octanol–water partition coefficient (Wildman–Crippen LogP) is 0.470. The normalized spacial score (nSPS) is 30.7. The summed E-state index contributed by atoms with van der Waals surface area (Å²) in [7, 11) is 0. The summed E-state index contributed by atoms with van der Waals surface area (Å²) in [5.41, 5.74) is 0. The Bertz CT molecular complexity index is 485. The van der Waals surface area contributed by atoms with Crippen LogP contribution in [0.15, 0.2) is 16.5 Å². The molecule has 23 heavy (non-hydrogen) atoms. The van der Waals surface area contributed by atoms with Crippen molar-refractivity contribution in [3.8, 4) is 0 Å².